The van der Waals surface area contributed by atoms with E-state index in [1.807, 2.05) is 13.0 Å². The first-order chi connectivity index (χ1) is 13.0. The van der Waals surface area contributed by atoms with Gasteiger partial charge in [0.2, 0.25) is 0 Å². The van der Waals surface area contributed by atoms with Gasteiger partial charge in [0, 0.05) is 17.0 Å². The van der Waals surface area contributed by atoms with Gasteiger partial charge in [0.1, 0.15) is 11.3 Å². The van der Waals surface area contributed by atoms with Gasteiger partial charge in [0.05, 0.1) is 20.6 Å². The highest BCUT2D eigenvalue weighted by Crippen LogP contribution is 2.27. The summed E-state index contributed by atoms with van der Waals surface area (Å²) in [6.07, 6.45) is 0.273. The Balaban J connectivity index is 1.78. The molecule has 6 heteroatoms. The molecule has 0 spiro atoms. The van der Waals surface area contributed by atoms with Crippen LogP contribution < -0.4 is 19.8 Å². The summed E-state index contributed by atoms with van der Waals surface area (Å²) in [5, 5.41) is 0.809. The van der Waals surface area contributed by atoms with Crippen LogP contribution in [0.2, 0.25) is 0 Å². The number of hydrogen-bond donors (Lipinski definition) is 0. The lowest BCUT2D eigenvalue weighted by Crippen LogP contribution is -2.15. The lowest BCUT2D eigenvalue weighted by atomic mass is 10.0. The maximum absolute atomic E-state index is 12.3. The molecule has 0 aliphatic carbocycles. The van der Waals surface area contributed by atoms with Crippen molar-refractivity contribution in [1.29, 1.82) is 0 Å². The van der Waals surface area contributed by atoms with E-state index in [2.05, 4.69) is 0 Å². The van der Waals surface area contributed by atoms with E-state index in [9.17, 15) is 9.59 Å². The van der Waals surface area contributed by atoms with Gasteiger partial charge in [-0.25, -0.2) is 4.79 Å². The Bertz CT molecular complexity index is 1030. The first-order valence-electron chi connectivity index (χ1n) is 8.47. The second kappa shape index (κ2) is 7.95. The maximum atomic E-state index is 12.3. The smallest absolute Gasteiger partial charge is 0.339 e. The van der Waals surface area contributed by atoms with Crippen LogP contribution in [0.5, 0.6) is 17.2 Å². The van der Waals surface area contributed by atoms with Gasteiger partial charge < -0.3 is 18.6 Å². The predicted octanol–water partition coefficient (Wildman–Crippen LogP) is 3.66. The van der Waals surface area contributed by atoms with Gasteiger partial charge in [0.15, 0.2) is 11.5 Å². The molecule has 2 aromatic carbocycles. The number of ether oxygens (including phenoxy) is 3. The Kier molecular flexibility index (Phi) is 5.45. The molecule has 0 saturated carbocycles. The number of aryl methyl sites for hydroxylation is 1. The molecule has 0 aliphatic rings. The zero-order chi connectivity index (χ0) is 19.4. The first kappa shape index (κ1) is 18.5. The molecule has 0 amide bonds. The minimum absolute atomic E-state index is 0.0469. The van der Waals surface area contributed by atoms with Crippen molar-refractivity contribution in [1.82, 2.24) is 0 Å². The summed E-state index contributed by atoms with van der Waals surface area (Å²) in [5.41, 5.74) is 1.24. The van der Waals surface area contributed by atoms with Gasteiger partial charge in [-0.2, -0.15) is 0 Å². The van der Waals surface area contributed by atoms with E-state index in [1.165, 1.54) is 7.11 Å². The second-order valence-corrected chi connectivity index (χ2v) is 5.98. The number of methoxy groups -OCH3 is 2. The topological polar surface area (TPSA) is 75.0 Å². The average Bonchev–Trinajstić information content (AvgIpc) is 2.67. The summed E-state index contributed by atoms with van der Waals surface area (Å²) in [7, 11) is 3.05. The van der Waals surface area contributed by atoms with E-state index in [-0.39, 0.29) is 12.8 Å². The largest absolute Gasteiger partial charge is 0.497 e. The molecule has 0 atom stereocenters. The third-order valence-electron chi connectivity index (χ3n) is 4.37. The van der Waals surface area contributed by atoms with Crippen LogP contribution in [0.15, 0.2) is 51.7 Å². The fourth-order valence-electron chi connectivity index (χ4n) is 2.89. The highest BCUT2D eigenvalue weighted by Gasteiger charge is 2.15. The number of para-hydroxylation sites is 2. The number of carbonyl (C=O) groups is 1. The highest BCUT2D eigenvalue weighted by atomic mass is 16.6. The Labute approximate surface area is 156 Å². The zero-order valence-corrected chi connectivity index (χ0v) is 15.4. The van der Waals surface area contributed by atoms with Crippen LogP contribution in [0.25, 0.3) is 11.0 Å². The number of rotatable bonds is 6. The summed E-state index contributed by atoms with van der Waals surface area (Å²) in [6.45, 7) is 1.84. The predicted molar refractivity (Wildman–Crippen MR) is 101 cm³/mol. The van der Waals surface area contributed by atoms with Crippen LogP contribution in [0.4, 0.5) is 0 Å². The number of carbonyl (C=O) groups excluding carboxylic acids is 1. The Morgan fingerprint density at radius 2 is 1.78 bits per heavy atom. The van der Waals surface area contributed by atoms with Crippen molar-refractivity contribution in [3.63, 3.8) is 0 Å². The monoisotopic (exact) mass is 368 g/mol. The fraction of sp³-hybridized carbons (Fsp3) is 0.238. The standard InChI is InChI=1S/C21H20O6/c1-13-15-9-8-14(24-2)12-19(15)27-21(23)16(13)10-11-20(22)26-18-7-5-4-6-17(18)25-3/h4-9,12H,10-11H2,1-3H3. The summed E-state index contributed by atoms with van der Waals surface area (Å²) < 4.78 is 21.1. The van der Waals surface area contributed by atoms with Crippen LogP contribution >= 0.6 is 0 Å². The van der Waals surface area contributed by atoms with Gasteiger partial charge in [-0.15, -0.1) is 0 Å². The molecule has 0 N–H and O–H groups in total. The summed E-state index contributed by atoms with van der Waals surface area (Å²) >= 11 is 0. The number of benzene rings is 2. The van der Waals surface area contributed by atoms with Crippen LogP contribution in [0, 0.1) is 6.92 Å². The molecule has 0 fully saturated rings. The molecular formula is C21H20O6. The van der Waals surface area contributed by atoms with Gasteiger partial charge in [-0.3, -0.25) is 4.79 Å². The van der Waals surface area contributed by atoms with Crippen molar-refractivity contribution in [2.75, 3.05) is 14.2 Å². The third kappa shape index (κ3) is 3.95. The Hall–Kier alpha value is -3.28. The van der Waals surface area contributed by atoms with E-state index in [0.29, 0.717) is 28.4 Å². The molecule has 140 valence electrons. The summed E-state index contributed by atoms with van der Waals surface area (Å²) in [6, 6.07) is 12.2. The van der Waals surface area contributed by atoms with E-state index in [1.54, 1.807) is 43.5 Å². The number of fused-ring (bicyclic) bond motifs is 1. The first-order valence-corrected chi connectivity index (χ1v) is 8.47. The normalized spacial score (nSPS) is 10.6. The number of esters is 1. The zero-order valence-electron chi connectivity index (χ0n) is 15.4. The van der Waals surface area contributed by atoms with Crippen LogP contribution in [0.1, 0.15) is 17.5 Å². The molecule has 1 heterocycles. The maximum Gasteiger partial charge on any atom is 0.339 e. The van der Waals surface area contributed by atoms with Crippen molar-refractivity contribution in [3.05, 3.63) is 64.0 Å². The molecule has 0 unspecified atom stereocenters. The van der Waals surface area contributed by atoms with E-state index in [0.717, 1.165) is 10.9 Å². The van der Waals surface area contributed by atoms with Crippen LogP contribution in [-0.2, 0) is 11.2 Å². The van der Waals surface area contributed by atoms with Gasteiger partial charge in [0.25, 0.3) is 0 Å². The molecule has 3 rings (SSSR count). The van der Waals surface area contributed by atoms with Crippen molar-refractivity contribution in [2.45, 2.75) is 19.8 Å². The average molecular weight is 368 g/mol. The fourth-order valence-corrected chi connectivity index (χ4v) is 2.89. The molecule has 6 nitrogen and oxygen atoms in total. The number of hydrogen-bond acceptors (Lipinski definition) is 6. The molecule has 3 aromatic rings. The molecule has 0 bridgehead atoms. The van der Waals surface area contributed by atoms with Crippen molar-refractivity contribution in [2.24, 2.45) is 0 Å². The SMILES string of the molecule is COc1ccc2c(C)c(CCC(=O)Oc3ccccc3OC)c(=O)oc2c1. The van der Waals surface area contributed by atoms with Gasteiger partial charge >= 0.3 is 11.6 Å². The molecule has 0 aliphatic heterocycles. The quantitative estimate of drug-likeness (QED) is 0.376. The highest BCUT2D eigenvalue weighted by molar-refractivity contribution is 5.82. The molecule has 1 aromatic heterocycles. The summed E-state index contributed by atoms with van der Waals surface area (Å²) in [5.74, 6) is 0.979. The van der Waals surface area contributed by atoms with E-state index in [4.69, 9.17) is 18.6 Å². The van der Waals surface area contributed by atoms with Gasteiger partial charge in [-0.1, -0.05) is 12.1 Å². The second-order valence-electron chi connectivity index (χ2n) is 5.98. The van der Waals surface area contributed by atoms with E-state index < -0.39 is 11.6 Å². The molecule has 0 saturated heterocycles. The van der Waals surface area contributed by atoms with E-state index >= 15 is 0 Å². The lowest BCUT2D eigenvalue weighted by Gasteiger charge is -2.10. The minimum atomic E-state index is -0.460. The minimum Gasteiger partial charge on any atom is -0.497 e. The van der Waals surface area contributed by atoms with Crippen molar-refractivity contribution < 1.29 is 23.4 Å². The molecular weight excluding hydrogens is 348 g/mol. The van der Waals surface area contributed by atoms with Crippen molar-refractivity contribution >= 4 is 16.9 Å². The summed E-state index contributed by atoms with van der Waals surface area (Å²) in [4.78, 5) is 24.5. The molecule has 0 radical (unpaired) electrons. The van der Waals surface area contributed by atoms with Crippen LogP contribution in [0.3, 0.4) is 0 Å². The van der Waals surface area contributed by atoms with Crippen molar-refractivity contribution in [3.8, 4) is 17.2 Å². The van der Waals surface area contributed by atoms with Crippen LogP contribution in [-0.4, -0.2) is 20.2 Å². The van der Waals surface area contributed by atoms with Gasteiger partial charge in [-0.05, 0) is 43.2 Å². The Morgan fingerprint density at radius 3 is 2.48 bits per heavy atom. The third-order valence-corrected chi connectivity index (χ3v) is 4.37. The lowest BCUT2D eigenvalue weighted by molar-refractivity contribution is -0.134. The molecule has 27 heavy (non-hydrogen) atoms. The Morgan fingerprint density at radius 1 is 1.04 bits per heavy atom.